The molecule has 7 nitrogen and oxygen atoms in total. The number of rotatable bonds is 10. The van der Waals surface area contributed by atoms with Gasteiger partial charge in [0.15, 0.2) is 0 Å². The largest absolute Gasteiger partial charge is 0.416 e. The number of anilines is 1. The van der Waals surface area contributed by atoms with Gasteiger partial charge in [-0.25, -0.2) is 8.42 Å². The molecule has 1 N–H and O–H groups in total. The molecule has 0 unspecified atom stereocenters. The van der Waals surface area contributed by atoms with E-state index in [1.54, 1.807) is 13.0 Å². The molecule has 0 saturated carbocycles. The van der Waals surface area contributed by atoms with Crippen LogP contribution >= 0.6 is 34.8 Å². The third-order valence-electron chi connectivity index (χ3n) is 5.78. The highest BCUT2D eigenvalue weighted by Crippen LogP contribution is 2.36. The van der Waals surface area contributed by atoms with Crippen molar-refractivity contribution in [3.63, 3.8) is 0 Å². The van der Waals surface area contributed by atoms with Crippen molar-refractivity contribution in [2.24, 2.45) is 0 Å². The van der Waals surface area contributed by atoms with Crippen LogP contribution in [-0.4, -0.2) is 50.0 Å². The lowest BCUT2D eigenvalue weighted by atomic mass is 10.1. The molecular weight excluding hydrogens is 590 g/mol. The average molecular weight is 617 g/mol. The first kappa shape index (κ1) is 32.0. The average Bonchev–Trinajstić information content (AvgIpc) is 2.80. The molecule has 2 aromatic rings. The number of carbonyl (C=O) groups excluding carboxylic acids is 2. The van der Waals surface area contributed by atoms with Crippen molar-refractivity contribution < 1.29 is 31.2 Å². The first-order valence-electron chi connectivity index (χ1n) is 11.3. The summed E-state index contributed by atoms with van der Waals surface area (Å²) in [4.78, 5) is 27.6. The monoisotopic (exact) mass is 615 g/mol. The predicted molar refractivity (Wildman–Crippen MR) is 143 cm³/mol. The normalized spacial score (nSPS) is 13.5. The molecule has 2 aromatic carbocycles. The third-order valence-corrected chi connectivity index (χ3v) is 7.93. The van der Waals surface area contributed by atoms with E-state index in [0.717, 1.165) is 17.2 Å². The standard InChI is InChI=1S/C24H27Cl3F3N3O4S/c1-5-14(2)31-23(35)15(3)32(12-17-18(25)7-6-8-19(17)26)22(34)13-33(38(4,36)37)21-11-16(24(28,29)30)9-10-20(21)27/h6-11,14-15H,5,12-13H2,1-4H3,(H,31,35)/t14-,15+/m0/s1. The van der Waals surface area contributed by atoms with Crippen molar-refractivity contribution in [3.8, 4) is 0 Å². The Labute approximate surface area is 234 Å². The first-order valence-corrected chi connectivity index (χ1v) is 14.3. The topological polar surface area (TPSA) is 86.8 Å². The number of halogens is 6. The minimum atomic E-state index is -4.79. The number of nitrogens with zero attached hydrogens (tertiary/aromatic N) is 2. The van der Waals surface area contributed by atoms with E-state index in [4.69, 9.17) is 34.8 Å². The van der Waals surface area contributed by atoms with Crippen molar-refractivity contribution >= 4 is 62.3 Å². The van der Waals surface area contributed by atoms with Crippen molar-refractivity contribution in [1.29, 1.82) is 0 Å². The summed E-state index contributed by atoms with van der Waals surface area (Å²) < 4.78 is 65.8. The Kier molecular flexibility index (Phi) is 10.7. The number of sulfonamides is 1. The highest BCUT2D eigenvalue weighted by atomic mass is 35.5. The van der Waals surface area contributed by atoms with Gasteiger partial charge in [-0.1, -0.05) is 47.8 Å². The fourth-order valence-electron chi connectivity index (χ4n) is 3.38. The zero-order valence-corrected chi connectivity index (χ0v) is 24.0. The molecule has 0 bridgehead atoms. The van der Waals surface area contributed by atoms with Gasteiger partial charge in [0.05, 0.1) is 22.5 Å². The molecule has 0 saturated heterocycles. The van der Waals surface area contributed by atoms with Crippen molar-refractivity contribution in [2.45, 2.75) is 52.0 Å². The minimum Gasteiger partial charge on any atom is -0.352 e. The van der Waals surface area contributed by atoms with E-state index in [1.165, 1.54) is 19.1 Å². The highest BCUT2D eigenvalue weighted by molar-refractivity contribution is 7.92. The lowest BCUT2D eigenvalue weighted by Crippen LogP contribution is -2.52. The molecule has 14 heteroatoms. The fourth-order valence-corrected chi connectivity index (χ4v) is 5.02. The maximum atomic E-state index is 13.6. The van der Waals surface area contributed by atoms with Crippen LogP contribution in [0, 0.1) is 0 Å². The second-order valence-corrected chi connectivity index (χ2v) is 11.8. The molecule has 38 heavy (non-hydrogen) atoms. The number of hydrogen-bond acceptors (Lipinski definition) is 4. The number of amides is 2. The van der Waals surface area contributed by atoms with Crippen LogP contribution in [0.3, 0.4) is 0 Å². The highest BCUT2D eigenvalue weighted by Gasteiger charge is 2.35. The van der Waals surface area contributed by atoms with E-state index in [2.05, 4.69) is 5.32 Å². The number of alkyl halides is 3. The van der Waals surface area contributed by atoms with Crippen molar-refractivity contribution in [2.75, 3.05) is 17.1 Å². The summed E-state index contributed by atoms with van der Waals surface area (Å²) in [6.45, 7) is 3.83. The summed E-state index contributed by atoms with van der Waals surface area (Å²) in [5.41, 5.74) is -1.39. The second kappa shape index (κ2) is 12.8. The molecule has 0 heterocycles. The van der Waals surface area contributed by atoms with E-state index in [0.29, 0.717) is 28.4 Å². The Morgan fingerprint density at radius 3 is 2.11 bits per heavy atom. The van der Waals surface area contributed by atoms with E-state index in [-0.39, 0.29) is 27.7 Å². The zero-order valence-electron chi connectivity index (χ0n) is 20.9. The van der Waals surface area contributed by atoms with Crippen LogP contribution in [-0.2, 0) is 32.3 Å². The van der Waals surface area contributed by atoms with Crippen molar-refractivity contribution in [3.05, 3.63) is 62.6 Å². The zero-order chi connectivity index (χ0) is 29.0. The van der Waals surface area contributed by atoms with Gasteiger partial charge in [-0.3, -0.25) is 13.9 Å². The van der Waals surface area contributed by atoms with Crippen LogP contribution in [0.25, 0.3) is 0 Å². The summed E-state index contributed by atoms with van der Waals surface area (Å²) in [5.74, 6) is -1.43. The lowest BCUT2D eigenvalue weighted by molar-refractivity contribution is -0.139. The molecule has 0 aliphatic rings. The Morgan fingerprint density at radius 1 is 1.03 bits per heavy atom. The number of hydrogen-bond donors (Lipinski definition) is 1. The molecule has 0 spiro atoms. The van der Waals surface area contributed by atoms with E-state index >= 15 is 0 Å². The van der Waals surface area contributed by atoms with Crippen LogP contribution < -0.4 is 9.62 Å². The molecule has 0 aromatic heterocycles. The summed E-state index contributed by atoms with van der Waals surface area (Å²) >= 11 is 18.6. The van der Waals surface area contributed by atoms with Crippen LogP contribution in [0.2, 0.25) is 15.1 Å². The van der Waals surface area contributed by atoms with Gasteiger partial charge in [-0.2, -0.15) is 13.2 Å². The summed E-state index contributed by atoms with van der Waals surface area (Å²) in [6, 6.07) is 5.43. The summed E-state index contributed by atoms with van der Waals surface area (Å²) in [7, 11) is -4.31. The molecule has 2 atom stereocenters. The van der Waals surface area contributed by atoms with Gasteiger partial charge in [0.2, 0.25) is 21.8 Å². The van der Waals surface area contributed by atoms with Gasteiger partial charge in [-0.05, 0) is 50.6 Å². The Hall–Kier alpha value is -2.21. The third kappa shape index (κ3) is 8.14. The molecule has 0 radical (unpaired) electrons. The maximum Gasteiger partial charge on any atom is 0.416 e. The van der Waals surface area contributed by atoms with Crippen LogP contribution in [0.15, 0.2) is 36.4 Å². The summed E-state index contributed by atoms with van der Waals surface area (Å²) in [5, 5.41) is 2.83. The Bertz CT molecular complexity index is 1270. The SMILES string of the molecule is CC[C@H](C)NC(=O)[C@@H](C)N(Cc1c(Cl)cccc1Cl)C(=O)CN(c1cc(C(F)(F)F)ccc1Cl)S(C)(=O)=O. The smallest absolute Gasteiger partial charge is 0.352 e. The minimum absolute atomic E-state index is 0.200. The van der Waals surface area contributed by atoms with Crippen LogP contribution in [0.4, 0.5) is 18.9 Å². The molecule has 2 amide bonds. The molecule has 210 valence electrons. The van der Waals surface area contributed by atoms with Gasteiger partial charge in [0.1, 0.15) is 12.6 Å². The molecule has 0 aliphatic carbocycles. The first-order chi connectivity index (χ1) is 17.5. The van der Waals surface area contributed by atoms with Crippen LogP contribution in [0.5, 0.6) is 0 Å². The predicted octanol–water partition coefficient (Wildman–Crippen LogP) is 5.76. The fraction of sp³-hybridized carbons (Fsp3) is 0.417. The summed E-state index contributed by atoms with van der Waals surface area (Å²) in [6.07, 6.45) is -3.45. The van der Waals surface area contributed by atoms with Crippen LogP contribution in [0.1, 0.15) is 38.3 Å². The number of nitrogens with one attached hydrogen (secondary N) is 1. The van der Waals surface area contributed by atoms with E-state index in [9.17, 15) is 31.2 Å². The van der Waals surface area contributed by atoms with Gasteiger partial charge >= 0.3 is 6.18 Å². The molecular formula is C24H27Cl3F3N3O4S. The Balaban J connectivity index is 2.55. The lowest BCUT2D eigenvalue weighted by Gasteiger charge is -2.32. The Morgan fingerprint density at radius 2 is 1.61 bits per heavy atom. The number of carbonyl (C=O) groups is 2. The molecule has 2 rings (SSSR count). The quantitative estimate of drug-likeness (QED) is 0.368. The number of benzene rings is 2. The van der Waals surface area contributed by atoms with Crippen molar-refractivity contribution in [1.82, 2.24) is 10.2 Å². The van der Waals surface area contributed by atoms with E-state index in [1.807, 2.05) is 6.92 Å². The molecule has 0 aliphatic heterocycles. The maximum absolute atomic E-state index is 13.6. The molecule has 0 fully saturated rings. The van der Waals surface area contributed by atoms with E-state index < -0.39 is 51.9 Å². The van der Waals surface area contributed by atoms with Gasteiger partial charge in [0, 0.05) is 28.2 Å². The van der Waals surface area contributed by atoms with Gasteiger partial charge < -0.3 is 10.2 Å². The van der Waals surface area contributed by atoms with Gasteiger partial charge in [0.25, 0.3) is 0 Å². The second-order valence-electron chi connectivity index (χ2n) is 8.65. The van der Waals surface area contributed by atoms with Gasteiger partial charge in [-0.15, -0.1) is 0 Å².